The van der Waals surface area contributed by atoms with Crippen molar-refractivity contribution in [2.45, 2.75) is 50.2 Å². The second kappa shape index (κ2) is 7.00. The van der Waals surface area contributed by atoms with Crippen LogP contribution in [-0.4, -0.2) is 23.1 Å². The number of hydrogen-bond donors (Lipinski definition) is 1. The molecule has 1 aromatic heterocycles. The molecule has 4 rings (SSSR count). The Balaban J connectivity index is 1.49. The Morgan fingerprint density at radius 2 is 1.93 bits per heavy atom. The number of anilines is 1. The molecule has 1 aliphatic carbocycles. The fourth-order valence-corrected chi connectivity index (χ4v) is 4.44. The van der Waals surface area contributed by atoms with Gasteiger partial charge in [-0.05, 0) is 67.9 Å². The zero-order valence-electron chi connectivity index (χ0n) is 15.9. The van der Waals surface area contributed by atoms with Gasteiger partial charge in [0.2, 0.25) is 0 Å². The summed E-state index contributed by atoms with van der Waals surface area (Å²) in [6.45, 7) is 1.93. The number of carbonyl (C=O) groups excluding carboxylic acids is 1. The van der Waals surface area contributed by atoms with Gasteiger partial charge in [0.1, 0.15) is 11.5 Å². The highest BCUT2D eigenvalue weighted by Crippen LogP contribution is 2.42. The van der Waals surface area contributed by atoms with E-state index in [-0.39, 0.29) is 17.8 Å². The highest BCUT2D eigenvalue weighted by Gasteiger charge is 2.46. The first kappa shape index (κ1) is 19.7. The lowest BCUT2D eigenvalue weighted by Gasteiger charge is -2.36. The Labute approximate surface area is 165 Å². The van der Waals surface area contributed by atoms with Gasteiger partial charge in [0.25, 0.3) is 0 Å². The van der Waals surface area contributed by atoms with E-state index in [0.29, 0.717) is 17.8 Å². The van der Waals surface area contributed by atoms with Crippen molar-refractivity contribution in [1.82, 2.24) is 10.3 Å². The Hall–Kier alpha value is -2.64. The van der Waals surface area contributed by atoms with Gasteiger partial charge in [-0.15, -0.1) is 0 Å². The summed E-state index contributed by atoms with van der Waals surface area (Å²) in [7, 11) is 0. The van der Waals surface area contributed by atoms with Crippen molar-refractivity contribution in [2.75, 3.05) is 11.4 Å². The minimum absolute atomic E-state index is 0.233. The van der Waals surface area contributed by atoms with Gasteiger partial charge >= 0.3 is 12.2 Å². The van der Waals surface area contributed by atoms with Gasteiger partial charge in [-0.1, -0.05) is 12.1 Å². The van der Waals surface area contributed by atoms with Crippen LogP contribution >= 0.6 is 0 Å². The molecule has 0 radical (unpaired) electrons. The molecule has 2 aromatic rings. The fraction of sp³-hybridized carbons (Fsp3) is 0.429. The van der Waals surface area contributed by atoms with Gasteiger partial charge in [0.05, 0.1) is 24.0 Å². The maximum absolute atomic E-state index is 13.5. The molecular formula is C21H21F4N3O. The van der Waals surface area contributed by atoms with Crippen LogP contribution < -0.4 is 10.2 Å². The van der Waals surface area contributed by atoms with Gasteiger partial charge in [-0.25, -0.2) is 14.2 Å². The molecule has 154 valence electrons. The van der Waals surface area contributed by atoms with E-state index in [9.17, 15) is 22.4 Å². The Morgan fingerprint density at radius 1 is 1.21 bits per heavy atom. The molecule has 0 unspecified atom stereocenters. The number of amides is 2. The molecule has 1 saturated heterocycles. The van der Waals surface area contributed by atoms with E-state index in [1.807, 2.05) is 6.07 Å². The second-order valence-electron chi connectivity index (χ2n) is 7.98. The van der Waals surface area contributed by atoms with Crippen LogP contribution in [0, 0.1) is 12.7 Å². The third-order valence-electron chi connectivity index (χ3n) is 6.01. The minimum atomic E-state index is -4.52. The van der Waals surface area contributed by atoms with Crippen LogP contribution in [0.1, 0.15) is 48.4 Å². The van der Waals surface area contributed by atoms with Crippen LogP contribution in [0.25, 0.3) is 0 Å². The average molecular weight is 407 g/mol. The molecule has 1 spiro atoms. The van der Waals surface area contributed by atoms with Crippen LogP contribution in [0.4, 0.5) is 28.0 Å². The fourth-order valence-electron chi connectivity index (χ4n) is 4.44. The molecular weight excluding hydrogens is 386 g/mol. The van der Waals surface area contributed by atoms with Crippen LogP contribution in [0.5, 0.6) is 0 Å². The van der Waals surface area contributed by atoms with E-state index in [4.69, 9.17) is 0 Å². The van der Waals surface area contributed by atoms with Crippen molar-refractivity contribution in [3.05, 3.63) is 59.2 Å². The van der Waals surface area contributed by atoms with E-state index in [2.05, 4.69) is 10.3 Å². The molecule has 2 fully saturated rings. The van der Waals surface area contributed by atoms with E-state index in [0.717, 1.165) is 43.5 Å². The summed E-state index contributed by atoms with van der Waals surface area (Å²) in [6.07, 6.45) is -0.334. The standard InChI is InChI=1S/C21H21F4N3O/c1-13-9-18(21(23,24)25)26-11-17(13)28-12-20(27-19(28)29)7-5-14(6-8-20)15-3-2-4-16(22)10-15/h2-4,9-11,14H,5-8,12H2,1H3,(H,27,29). The molecule has 1 N–H and O–H groups in total. The summed E-state index contributed by atoms with van der Waals surface area (Å²) in [5.41, 5.74) is 0.316. The molecule has 2 aliphatic rings. The first-order chi connectivity index (χ1) is 13.7. The maximum atomic E-state index is 13.5. The number of aromatic nitrogens is 1. The number of nitrogens with zero attached hydrogens (tertiary/aromatic N) is 2. The third kappa shape index (κ3) is 3.80. The van der Waals surface area contributed by atoms with E-state index >= 15 is 0 Å². The number of rotatable bonds is 2. The quantitative estimate of drug-likeness (QED) is 0.698. The van der Waals surface area contributed by atoms with Gasteiger partial charge in [-0.3, -0.25) is 4.90 Å². The normalized spacial score (nSPS) is 24.8. The molecule has 0 atom stereocenters. The smallest absolute Gasteiger partial charge is 0.330 e. The number of carbonyl (C=O) groups is 1. The minimum Gasteiger partial charge on any atom is -0.330 e. The number of pyridine rings is 1. The topological polar surface area (TPSA) is 45.2 Å². The number of hydrogen-bond acceptors (Lipinski definition) is 2. The number of nitrogens with one attached hydrogen (secondary N) is 1. The van der Waals surface area contributed by atoms with Crippen molar-refractivity contribution >= 4 is 11.7 Å². The lowest BCUT2D eigenvalue weighted by Crippen LogP contribution is -2.46. The molecule has 2 heterocycles. The largest absolute Gasteiger partial charge is 0.433 e. The Morgan fingerprint density at radius 3 is 2.55 bits per heavy atom. The predicted molar refractivity (Wildman–Crippen MR) is 100 cm³/mol. The summed E-state index contributed by atoms with van der Waals surface area (Å²) in [5, 5.41) is 3.04. The summed E-state index contributed by atoms with van der Waals surface area (Å²) in [5.74, 6) is -0.0230. The highest BCUT2D eigenvalue weighted by atomic mass is 19.4. The van der Waals surface area contributed by atoms with Crippen molar-refractivity contribution < 1.29 is 22.4 Å². The monoisotopic (exact) mass is 407 g/mol. The molecule has 1 saturated carbocycles. The van der Waals surface area contributed by atoms with E-state index in [1.54, 1.807) is 19.1 Å². The van der Waals surface area contributed by atoms with Crippen molar-refractivity contribution in [2.24, 2.45) is 0 Å². The maximum Gasteiger partial charge on any atom is 0.433 e. The Bertz CT molecular complexity index is 936. The molecule has 29 heavy (non-hydrogen) atoms. The number of alkyl halides is 3. The molecule has 8 heteroatoms. The van der Waals surface area contributed by atoms with Crippen LogP contribution in [-0.2, 0) is 6.18 Å². The molecule has 2 amide bonds. The van der Waals surface area contributed by atoms with Crippen molar-refractivity contribution in [1.29, 1.82) is 0 Å². The number of benzene rings is 1. The highest BCUT2D eigenvalue weighted by molar-refractivity contribution is 5.95. The number of urea groups is 1. The number of halogens is 4. The zero-order valence-corrected chi connectivity index (χ0v) is 15.9. The Kier molecular flexibility index (Phi) is 4.75. The molecule has 1 aromatic carbocycles. The zero-order chi connectivity index (χ0) is 20.8. The summed E-state index contributed by atoms with van der Waals surface area (Å²) in [6, 6.07) is 7.24. The van der Waals surface area contributed by atoms with Gasteiger partial charge in [0.15, 0.2) is 0 Å². The van der Waals surface area contributed by atoms with Gasteiger partial charge in [-0.2, -0.15) is 13.2 Å². The first-order valence-electron chi connectivity index (χ1n) is 9.56. The molecule has 4 nitrogen and oxygen atoms in total. The average Bonchev–Trinajstić information content (AvgIpc) is 2.97. The van der Waals surface area contributed by atoms with Gasteiger partial charge in [0, 0.05) is 0 Å². The third-order valence-corrected chi connectivity index (χ3v) is 6.01. The first-order valence-corrected chi connectivity index (χ1v) is 9.56. The summed E-state index contributed by atoms with van der Waals surface area (Å²) < 4.78 is 52.1. The summed E-state index contributed by atoms with van der Waals surface area (Å²) in [4.78, 5) is 17.6. The van der Waals surface area contributed by atoms with Gasteiger partial charge < -0.3 is 5.32 Å². The van der Waals surface area contributed by atoms with Crippen LogP contribution in [0.2, 0.25) is 0 Å². The number of aryl methyl sites for hydroxylation is 1. The lowest BCUT2D eigenvalue weighted by atomic mass is 9.74. The predicted octanol–water partition coefficient (Wildman–Crippen LogP) is 5.17. The molecule has 0 bridgehead atoms. The molecule has 1 aliphatic heterocycles. The van der Waals surface area contributed by atoms with E-state index in [1.165, 1.54) is 11.0 Å². The van der Waals surface area contributed by atoms with Crippen LogP contribution in [0.3, 0.4) is 0 Å². The van der Waals surface area contributed by atoms with Crippen molar-refractivity contribution in [3.8, 4) is 0 Å². The van der Waals surface area contributed by atoms with E-state index < -0.39 is 17.4 Å². The van der Waals surface area contributed by atoms with Crippen molar-refractivity contribution in [3.63, 3.8) is 0 Å². The lowest BCUT2D eigenvalue weighted by molar-refractivity contribution is -0.141. The van der Waals surface area contributed by atoms with Crippen LogP contribution in [0.15, 0.2) is 36.5 Å². The SMILES string of the molecule is Cc1cc(C(F)(F)F)ncc1N1CC2(CCC(c3cccc(F)c3)CC2)NC1=O. The second-order valence-corrected chi connectivity index (χ2v) is 7.98. The summed E-state index contributed by atoms with van der Waals surface area (Å²) >= 11 is 0.